The van der Waals surface area contributed by atoms with Gasteiger partial charge in [-0.05, 0) is 5.56 Å². The third-order valence-electron chi connectivity index (χ3n) is 4.13. The van der Waals surface area contributed by atoms with Gasteiger partial charge in [-0.2, -0.15) is 0 Å². The number of piperidine rings is 1. The maximum absolute atomic E-state index is 13.2. The van der Waals surface area contributed by atoms with Gasteiger partial charge in [-0.15, -0.1) is 0 Å². The van der Waals surface area contributed by atoms with Crippen LogP contribution in [0, 0.1) is 0 Å². The van der Waals surface area contributed by atoms with Gasteiger partial charge >= 0.3 is 0 Å². The molecular weight excluding hydrogens is 314 g/mol. The Morgan fingerprint density at radius 2 is 1.88 bits per heavy atom. The summed E-state index contributed by atoms with van der Waals surface area (Å²) in [6, 6.07) is 11.1. The highest BCUT2D eigenvalue weighted by Crippen LogP contribution is 2.30. The number of anilines is 2. The number of benzene rings is 1. The molecule has 0 saturated carbocycles. The Labute approximate surface area is 139 Å². The first-order chi connectivity index (χ1) is 11.5. The normalized spacial score (nSPS) is 18.2. The second kappa shape index (κ2) is 7.09. The number of hydrogen-bond donors (Lipinski definition) is 2. The van der Waals surface area contributed by atoms with E-state index in [9.17, 15) is 13.9 Å². The van der Waals surface area contributed by atoms with Crippen molar-refractivity contribution < 1.29 is 13.9 Å². The molecule has 0 amide bonds. The quantitative estimate of drug-likeness (QED) is 0.880. The largest absolute Gasteiger partial charge is 0.387 e. The van der Waals surface area contributed by atoms with Gasteiger partial charge in [-0.25, -0.2) is 18.7 Å². The molecule has 0 bridgehead atoms. The fourth-order valence-corrected chi connectivity index (χ4v) is 2.67. The van der Waals surface area contributed by atoms with Crippen molar-refractivity contribution >= 4 is 11.6 Å². The lowest BCUT2D eigenvalue weighted by Gasteiger charge is -2.32. The fraction of sp³-hybridized carbons (Fsp3) is 0.412. The van der Waals surface area contributed by atoms with Crippen molar-refractivity contribution in [3.05, 3.63) is 48.3 Å². The van der Waals surface area contributed by atoms with Gasteiger partial charge in [0.2, 0.25) is 0 Å². The maximum Gasteiger partial charge on any atom is 0.251 e. The number of nitrogens with zero attached hydrogens (tertiary/aromatic N) is 3. The molecule has 1 aromatic heterocycles. The zero-order valence-corrected chi connectivity index (χ0v) is 13.2. The van der Waals surface area contributed by atoms with Crippen LogP contribution in [0.3, 0.4) is 0 Å². The van der Waals surface area contributed by atoms with Crippen LogP contribution in [-0.4, -0.2) is 40.6 Å². The third kappa shape index (κ3) is 4.17. The molecule has 2 N–H and O–H groups in total. The van der Waals surface area contributed by atoms with Gasteiger partial charge in [0.1, 0.15) is 18.0 Å². The van der Waals surface area contributed by atoms with Crippen molar-refractivity contribution in [1.82, 2.24) is 9.97 Å². The molecule has 0 unspecified atom stereocenters. The molecule has 1 fully saturated rings. The minimum atomic E-state index is -2.58. The Kier molecular flexibility index (Phi) is 4.89. The van der Waals surface area contributed by atoms with E-state index in [0.717, 1.165) is 5.56 Å². The Hall–Kier alpha value is -2.28. The summed E-state index contributed by atoms with van der Waals surface area (Å²) in [4.78, 5) is 10.1. The summed E-state index contributed by atoms with van der Waals surface area (Å²) >= 11 is 0. The van der Waals surface area contributed by atoms with Crippen LogP contribution in [0.5, 0.6) is 0 Å². The van der Waals surface area contributed by atoms with Crippen molar-refractivity contribution in [2.24, 2.45) is 0 Å². The van der Waals surface area contributed by atoms with E-state index in [4.69, 9.17) is 0 Å². The van der Waals surface area contributed by atoms with Crippen molar-refractivity contribution in [2.75, 3.05) is 29.9 Å². The van der Waals surface area contributed by atoms with Crippen LogP contribution in [0.15, 0.2) is 42.7 Å². The molecule has 2 heterocycles. The van der Waals surface area contributed by atoms with Crippen LogP contribution in [0.4, 0.5) is 20.4 Å². The van der Waals surface area contributed by atoms with E-state index in [0.29, 0.717) is 18.2 Å². The van der Waals surface area contributed by atoms with Gasteiger partial charge in [-0.3, -0.25) is 0 Å². The smallest absolute Gasteiger partial charge is 0.251 e. The van der Waals surface area contributed by atoms with Gasteiger partial charge in [-0.1, -0.05) is 30.3 Å². The Bertz CT molecular complexity index is 659. The average molecular weight is 334 g/mol. The van der Waals surface area contributed by atoms with Gasteiger partial charge in [0.05, 0.1) is 6.10 Å². The zero-order chi connectivity index (χ0) is 17.0. The van der Waals surface area contributed by atoms with Crippen LogP contribution in [0.25, 0.3) is 0 Å². The SMILES string of the molecule is O[C@@H](CNc1cc(N2CCC(F)(F)CC2)ncn1)c1ccccc1. The van der Waals surface area contributed by atoms with Crippen molar-refractivity contribution in [3.8, 4) is 0 Å². The molecule has 1 aromatic carbocycles. The fourth-order valence-electron chi connectivity index (χ4n) is 2.67. The first-order valence-corrected chi connectivity index (χ1v) is 7.95. The number of alkyl halides is 2. The second-order valence-corrected chi connectivity index (χ2v) is 5.91. The lowest BCUT2D eigenvalue weighted by Crippen LogP contribution is -2.39. The molecule has 1 aliphatic heterocycles. The highest BCUT2D eigenvalue weighted by molar-refractivity contribution is 5.49. The predicted octanol–water partition coefficient (Wildman–Crippen LogP) is 2.86. The molecule has 0 spiro atoms. The van der Waals surface area contributed by atoms with Crippen LogP contribution in [0.2, 0.25) is 0 Å². The number of aliphatic hydroxyl groups excluding tert-OH is 1. The first-order valence-electron chi connectivity index (χ1n) is 7.95. The summed E-state index contributed by atoms with van der Waals surface area (Å²) in [5.74, 6) is -1.39. The molecular formula is C17H20F2N4O. The first kappa shape index (κ1) is 16.6. The summed E-state index contributed by atoms with van der Waals surface area (Å²) < 4.78 is 26.5. The molecule has 0 radical (unpaired) electrons. The van der Waals surface area contributed by atoms with E-state index in [1.807, 2.05) is 35.2 Å². The molecule has 5 nitrogen and oxygen atoms in total. The van der Waals surface area contributed by atoms with E-state index < -0.39 is 12.0 Å². The van der Waals surface area contributed by atoms with Crippen LogP contribution in [0.1, 0.15) is 24.5 Å². The molecule has 7 heteroatoms. The average Bonchev–Trinajstić information content (AvgIpc) is 2.60. The van der Waals surface area contributed by atoms with Crippen LogP contribution in [-0.2, 0) is 0 Å². The Morgan fingerprint density at radius 3 is 2.58 bits per heavy atom. The van der Waals surface area contributed by atoms with Crippen molar-refractivity contribution in [2.45, 2.75) is 24.9 Å². The molecule has 1 aliphatic rings. The van der Waals surface area contributed by atoms with E-state index in [-0.39, 0.29) is 25.9 Å². The van der Waals surface area contributed by atoms with E-state index >= 15 is 0 Å². The highest BCUT2D eigenvalue weighted by atomic mass is 19.3. The van der Waals surface area contributed by atoms with Gasteiger partial charge in [0, 0.05) is 38.5 Å². The molecule has 128 valence electrons. The summed E-state index contributed by atoms with van der Waals surface area (Å²) in [6.45, 7) is 0.852. The standard InChI is InChI=1S/C17H20F2N4O/c18-17(19)6-8-23(9-7-17)16-10-15(21-12-22-16)20-11-14(24)13-4-2-1-3-5-13/h1-5,10,12,14,24H,6-9,11H2,(H,20,21,22)/t14-/m0/s1. The van der Waals surface area contributed by atoms with Crippen molar-refractivity contribution in [1.29, 1.82) is 0 Å². The van der Waals surface area contributed by atoms with Crippen LogP contribution >= 0.6 is 0 Å². The van der Waals surface area contributed by atoms with Gasteiger partial charge < -0.3 is 15.3 Å². The maximum atomic E-state index is 13.2. The molecule has 2 aromatic rings. The van der Waals surface area contributed by atoms with Gasteiger partial charge in [0.15, 0.2) is 0 Å². The molecule has 3 rings (SSSR count). The molecule has 1 atom stereocenters. The van der Waals surface area contributed by atoms with Crippen LogP contribution < -0.4 is 10.2 Å². The number of aromatic nitrogens is 2. The topological polar surface area (TPSA) is 61.3 Å². The lowest BCUT2D eigenvalue weighted by atomic mass is 10.1. The number of nitrogens with one attached hydrogen (secondary N) is 1. The number of hydrogen-bond acceptors (Lipinski definition) is 5. The summed E-state index contributed by atoms with van der Waals surface area (Å²) in [5, 5.41) is 13.2. The highest BCUT2D eigenvalue weighted by Gasteiger charge is 2.34. The molecule has 1 saturated heterocycles. The predicted molar refractivity (Wildman–Crippen MR) is 88.3 cm³/mol. The summed E-state index contributed by atoms with van der Waals surface area (Å²) in [5.41, 5.74) is 0.817. The lowest BCUT2D eigenvalue weighted by molar-refractivity contribution is -0.0221. The summed E-state index contributed by atoms with van der Waals surface area (Å²) in [7, 11) is 0. The third-order valence-corrected chi connectivity index (χ3v) is 4.13. The molecule has 0 aliphatic carbocycles. The second-order valence-electron chi connectivity index (χ2n) is 5.91. The number of aliphatic hydroxyl groups is 1. The van der Waals surface area contributed by atoms with Gasteiger partial charge in [0.25, 0.3) is 5.92 Å². The monoisotopic (exact) mass is 334 g/mol. The number of rotatable bonds is 5. The minimum Gasteiger partial charge on any atom is -0.387 e. The summed E-state index contributed by atoms with van der Waals surface area (Å²) in [6.07, 6.45) is 0.427. The number of halogens is 2. The minimum absolute atomic E-state index is 0.160. The zero-order valence-electron chi connectivity index (χ0n) is 13.2. The van der Waals surface area contributed by atoms with Crippen molar-refractivity contribution in [3.63, 3.8) is 0 Å². The Morgan fingerprint density at radius 1 is 1.17 bits per heavy atom. The van der Waals surface area contributed by atoms with E-state index in [1.54, 1.807) is 6.07 Å². The molecule has 24 heavy (non-hydrogen) atoms. The van der Waals surface area contributed by atoms with E-state index in [1.165, 1.54) is 6.33 Å². The Balaban J connectivity index is 1.59. The van der Waals surface area contributed by atoms with E-state index in [2.05, 4.69) is 15.3 Å².